The van der Waals surface area contributed by atoms with Crippen LogP contribution < -0.4 is 5.43 Å². The summed E-state index contributed by atoms with van der Waals surface area (Å²) in [6, 6.07) is 7.37. The zero-order valence-electron chi connectivity index (χ0n) is 11.2. The fraction of sp³-hybridized carbons (Fsp3) is 0.429. The molecule has 1 aromatic rings. The van der Waals surface area contributed by atoms with Gasteiger partial charge in [-0.2, -0.15) is 5.43 Å². The van der Waals surface area contributed by atoms with Gasteiger partial charge >= 0.3 is 0 Å². The third-order valence-corrected chi connectivity index (χ3v) is 3.01. The number of nitrogens with one attached hydrogen (secondary N) is 1. The summed E-state index contributed by atoms with van der Waals surface area (Å²) in [6.45, 7) is 4.32. The number of rotatable bonds is 5. The summed E-state index contributed by atoms with van der Waals surface area (Å²) in [7, 11) is 0. The highest BCUT2D eigenvalue weighted by Crippen LogP contribution is 2.25. The predicted molar refractivity (Wildman–Crippen MR) is 70.3 cm³/mol. The molecule has 0 spiro atoms. The summed E-state index contributed by atoms with van der Waals surface area (Å²) in [4.78, 5) is 23.3. The molecule has 1 unspecified atom stereocenters. The van der Waals surface area contributed by atoms with Crippen molar-refractivity contribution in [1.82, 2.24) is 10.4 Å². The lowest BCUT2D eigenvalue weighted by molar-refractivity contribution is -0.117. The average Bonchev–Trinajstić information content (AvgIpc) is 2.40. The van der Waals surface area contributed by atoms with Crippen LogP contribution in [0.15, 0.2) is 24.3 Å². The molecule has 0 aromatic heterocycles. The van der Waals surface area contributed by atoms with Gasteiger partial charge in [0.25, 0.3) is 5.91 Å². The van der Waals surface area contributed by atoms with Crippen LogP contribution >= 0.6 is 0 Å². The molecule has 1 aromatic carbocycles. The molecular formula is C14H18N2O3. The molecule has 19 heavy (non-hydrogen) atoms. The highest BCUT2D eigenvalue weighted by Gasteiger charge is 2.30. The van der Waals surface area contributed by atoms with Crippen molar-refractivity contribution in [2.24, 2.45) is 0 Å². The number of ether oxygens (including phenoxy) is 1. The zero-order chi connectivity index (χ0) is 13.8. The van der Waals surface area contributed by atoms with E-state index in [-0.39, 0.29) is 17.9 Å². The van der Waals surface area contributed by atoms with Crippen LogP contribution in [0.25, 0.3) is 0 Å². The normalized spacial score (nSPS) is 18.3. The molecule has 0 radical (unpaired) electrons. The number of amides is 1. The Morgan fingerprint density at radius 3 is 2.84 bits per heavy atom. The van der Waals surface area contributed by atoms with E-state index in [0.717, 1.165) is 5.56 Å². The maximum Gasteiger partial charge on any atom is 0.268 e. The number of hydrogen-bond acceptors (Lipinski definition) is 4. The Bertz CT molecular complexity index is 487. The van der Waals surface area contributed by atoms with Gasteiger partial charge in [0.05, 0.1) is 0 Å². The van der Waals surface area contributed by atoms with Gasteiger partial charge in [-0.1, -0.05) is 18.2 Å². The third-order valence-electron chi connectivity index (χ3n) is 3.01. The van der Waals surface area contributed by atoms with Gasteiger partial charge in [-0.05, 0) is 19.9 Å². The maximum atomic E-state index is 12.3. The number of hydrazine groups is 1. The largest absolute Gasteiger partial charge is 0.358 e. The fourth-order valence-electron chi connectivity index (χ4n) is 2.06. The zero-order valence-corrected chi connectivity index (χ0v) is 11.2. The van der Waals surface area contributed by atoms with Crippen LogP contribution in [0, 0.1) is 0 Å². The predicted octanol–water partition coefficient (Wildman–Crippen LogP) is 1.66. The Kier molecular flexibility index (Phi) is 4.29. The van der Waals surface area contributed by atoms with Crippen molar-refractivity contribution in [3.63, 3.8) is 0 Å². The smallest absolute Gasteiger partial charge is 0.268 e. The van der Waals surface area contributed by atoms with Gasteiger partial charge in [0.2, 0.25) is 0 Å². The second-order valence-electron chi connectivity index (χ2n) is 4.46. The second-order valence-corrected chi connectivity index (χ2v) is 4.46. The number of nitrogens with zero attached hydrogens (tertiary/aromatic N) is 1. The lowest BCUT2D eigenvalue weighted by atomic mass is 10.0. The molecule has 102 valence electrons. The molecule has 5 heteroatoms. The van der Waals surface area contributed by atoms with Crippen molar-refractivity contribution >= 4 is 11.7 Å². The standard InChI is InChI=1S/C14H18N2O3/c1-3-19-13-11-6-4-5-7-12(11)14(18)16(15-13)9-8-10(2)17/h4-7,13,15H,3,8-9H2,1-2H3. The molecule has 0 aliphatic carbocycles. The number of hydrogen-bond donors (Lipinski definition) is 1. The SMILES string of the molecule is CCOC1NN(CCC(C)=O)C(=O)c2ccccc21. The Labute approximate surface area is 112 Å². The van der Waals surface area contributed by atoms with Gasteiger partial charge in [0.15, 0.2) is 6.23 Å². The summed E-state index contributed by atoms with van der Waals surface area (Å²) in [6.07, 6.45) is -0.00871. The van der Waals surface area contributed by atoms with E-state index in [1.165, 1.54) is 11.9 Å². The number of carbonyl (C=O) groups excluding carboxylic acids is 2. The number of carbonyl (C=O) groups is 2. The van der Waals surface area contributed by atoms with Crippen LogP contribution in [0.1, 0.15) is 42.4 Å². The summed E-state index contributed by atoms with van der Waals surface area (Å²) in [5, 5.41) is 1.46. The van der Waals surface area contributed by atoms with E-state index in [1.54, 1.807) is 6.07 Å². The first-order chi connectivity index (χ1) is 9.13. The molecule has 1 heterocycles. The van der Waals surface area contributed by atoms with Crippen LogP contribution in [0.4, 0.5) is 0 Å². The fourth-order valence-corrected chi connectivity index (χ4v) is 2.06. The number of ketones is 1. The topological polar surface area (TPSA) is 58.6 Å². The number of Topliss-reactive ketones (excluding diaryl/α,β-unsaturated/α-hetero) is 1. The number of fused-ring (bicyclic) bond motifs is 1. The molecule has 0 saturated carbocycles. The lowest BCUT2D eigenvalue weighted by Crippen LogP contribution is -2.50. The highest BCUT2D eigenvalue weighted by atomic mass is 16.5. The van der Waals surface area contributed by atoms with Gasteiger partial charge in [-0.3, -0.25) is 14.6 Å². The van der Waals surface area contributed by atoms with Gasteiger partial charge < -0.3 is 4.74 Å². The Morgan fingerprint density at radius 1 is 1.42 bits per heavy atom. The van der Waals surface area contributed by atoms with Crippen LogP contribution in [0.3, 0.4) is 0 Å². The first-order valence-electron chi connectivity index (χ1n) is 6.41. The molecule has 0 saturated heterocycles. The van der Waals surface area contributed by atoms with Gasteiger partial charge in [-0.25, -0.2) is 0 Å². The van der Waals surface area contributed by atoms with Gasteiger partial charge in [0.1, 0.15) is 5.78 Å². The minimum atomic E-state index is -0.342. The van der Waals surface area contributed by atoms with E-state index in [0.29, 0.717) is 25.1 Å². The quantitative estimate of drug-likeness (QED) is 0.876. The summed E-state index contributed by atoms with van der Waals surface area (Å²) >= 11 is 0. The van der Waals surface area contributed by atoms with Gasteiger partial charge in [0, 0.05) is 30.7 Å². The monoisotopic (exact) mass is 262 g/mol. The van der Waals surface area contributed by atoms with E-state index in [9.17, 15) is 9.59 Å². The number of benzene rings is 1. The van der Waals surface area contributed by atoms with E-state index in [2.05, 4.69) is 5.43 Å². The molecule has 5 nitrogen and oxygen atoms in total. The molecule has 1 atom stereocenters. The Morgan fingerprint density at radius 2 is 2.16 bits per heavy atom. The molecular weight excluding hydrogens is 244 g/mol. The van der Waals surface area contributed by atoms with E-state index < -0.39 is 0 Å². The average molecular weight is 262 g/mol. The molecule has 1 amide bonds. The molecule has 0 bridgehead atoms. The minimum absolute atomic E-state index is 0.0569. The van der Waals surface area contributed by atoms with Gasteiger partial charge in [-0.15, -0.1) is 0 Å². The molecule has 1 N–H and O–H groups in total. The van der Waals surface area contributed by atoms with Crippen LogP contribution in [-0.2, 0) is 9.53 Å². The lowest BCUT2D eigenvalue weighted by Gasteiger charge is -2.34. The molecule has 1 aliphatic rings. The molecule has 2 rings (SSSR count). The minimum Gasteiger partial charge on any atom is -0.358 e. The van der Waals surface area contributed by atoms with Crippen molar-refractivity contribution in [3.05, 3.63) is 35.4 Å². The Hall–Kier alpha value is -1.72. The first-order valence-corrected chi connectivity index (χ1v) is 6.41. The van der Waals surface area contributed by atoms with Crippen molar-refractivity contribution in [3.8, 4) is 0 Å². The second kappa shape index (κ2) is 5.95. The van der Waals surface area contributed by atoms with Crippen molar-refractivity contribution < 1.29 is 14.3 Å². The van der Waals surface area contributed by atoms with Crippen molar-refractivity contribution in [2.45, 2.75) is 26.5 Å². The molecule has 1 aliphatic heterocycles. The highest BCUT2D eigenvalue weighted by molar-refractivity contribution is 5.96. The van der Waals surface area contributed by atoms with E-state index >= 15 is 0 Å². The summed E-state index contributed by atoms with van der Waals surface area (Å²) < 4.78 is 5.60. The maximum absolute atomic E-state index is 12.3. The van der Waals surface area contributed by atoms with Crippen molar-refractivity contribution in [1.29, 1.82) is 0 Å². The van der Waals surface area contributed by atoms with Crippen LogP contribution in [0.2, 0.25) is 0 Å². The summed E-state index contributed by atoms with van der Waals surface area (Å²) in [5.41, 5.74) is 4.49. The van der Waals surface area contributed by atoms with E-state index in [1.807, 2.05) is 25.1 Å². The van der Waals surface area contributed by atoms with E-state index in [4.69, 9.17) is 4.74 Å². The Balaban J connectivity index is 2.23. The van der Waals surface area contributed by atoms with Crippen LogP contribution in [0.5, 0.6) is 0 Å². The summed E-state index contributed by atoms with van der Waals surface area (Å²) in [5.74, 6) is -0.0609. The van der Waals surface area contributed by atoms with Crippen LogP contribution in [-0.4, -0.2) is 29.9 Å². The van der Waals surface area contributed by atoms with Crippen molar-refractivity contribution in [2.75, 3.05) is 13.2 Å². The molecule has 0 fully saturated rings. The first kappa shape index (κ1) is 13.7. The third kappa shape index (κ3) is 3.00.